The third kappa shape index (κ3) is 4.52. The molecule has 3 rings (SSSR count). The minimum Gasteiger partial charge on any atom is -0.380 e. The maximum absolute atomic E-state index is 14.1. The number of halogens is 1. The van der Waals surface area contributed by atoms with Gasteiger partial charge in [-0.3, -0.25) is 4.79 Å². The first-order valence-electron chi connectivity index (χ1n) is 7.96. The van der Waals surface area contributed by atoms with Crippen LogP contribution in [0.5, 0.6) is 0 Å². The van der Waals surface area contributed by atoms with Crippen molar-refractivity contribution in [1.29, 1.82) is 0 Å². The average molecular weight is 349 g/mol. The van der Waals surface area contributed by atoms with E-state index in [0.29, 0.717) is 17.9 Å². The van der Waals surface area contributed by atoms with Crippen LogP contribution >= 0.6 is 11.3 Å². The number of amides is 1. The molecule has 1 fully saturated rings. The first kappa shape index (κ1) is 16.9. The first-order chi connectivity index (χ1) is 11.6. The van der Waals surface area contributed by atoms with Gasteiger partial charge in [-0.1, -0.05) is 0 Å². The molecule has 2 heterocycles. The SMILES string of the molecule is Cc1nc(CC(=O)Nc2ccc(NC[C@H]3CCCO3)c(F)c2)cs1. The zero-order chi connectivity index (χ0) is 16.9. The van der Waals surface area contributed by atoms with Crippen molar-refractivity contribution in [2.45, 2.75) is 32.3 Å². The van der Waals surface area contributed by atoms with Gasteiger partial charge in [-0.2, -0.15) is 0 Å². The summed E-state index contributed by atoms with van der Waals surface area (Å²) in [6, 6.07) is 4.64. The molecule has 0 unspecified atom stereocenters. The van der Waals surface area contributed by atoms with Gasteiger partial charge in [0.2, 0.25) is 5.91 Å². The number of aryl methyl sites for hydroxylation is 1. The van der Waals surface area contributed by atoms with Crippen molar-refractivity contribution in [3.8, 4) is 0 Å². The molecule has 1 atom stereocenters. The van der Waals surface area contributed by atoms with E-state index < -0.39 is 5.82 Å². The van der Waals surface area contributed by atoms with Crippen molar-refractivity contribution < 1.29 is 13.9 Å². The van der Waals surface area contributed by atoms with Crippen LogP contribution in [0.25, 0.3) is 0 Å². The number of ether oxygens (including phenoxy) is 1. The topological polar surface area (TPSA) is 63.2 Å². The second-order valence-corrected chi connectivity index (χ2v) is 6.86. The monoisotopic (exact) mass is 349 g/mol. The molecule has 24 heavy (non-hydrogen) atoms. The number of rotatable bonds is 6. The first-order valence-corrected chi connectivity index (χ1v) is 8.84. The summed E-state index contributed by atoms with van der Waals surface area (Å²) in [5.41, 5.74) is 1.58. The van der Waals surface area contributed by atoms with Gasteiger partial charge >= 0.3 is 0 Å². The number of carbonyl (C=O) groups excluding carboxylic acids is 1. The summed E-state index contributed by atoms with van der Waals surface area (Å²) < 4.78 is 19.6. The van der Waals surface area contributed by atoms with Gasteiger partial charge in [0, 0.05) is 24.2 Å². The Kier molecular flexibility index (Phi) is 5.42. The molecule has 0 bridgehead atoms. The molecule has 1 amide bonds. The minimum atomic E-state index is -0.393. The Bertz CT molecular complexity index is 714. The summed E-state index contributed by atoms with van der Waals surface area (Å²) in [4.78, 5) is 16.2. The lowest BCUT2D eigenvalue weighted by molar-refractivity contribution is -0.115. The molecule has 128 valence electrons. The number of nitrogens with one attached hydrogen (secondary N) is 2. The van der Waals surface area contributed by atoms with Crippen LogP contribution in [-0.2, 0) is 16.0 Å². The lowest BCUT2D eigenvalue weighted by Crippen LogP contribution is -2.19. The zero-order valence-electron chi connectivity index (χ0n) is 13.5. The van der Waals surface area contributed by atoms with E-state index in [1.54, 1.807) is 12.1 Å². The fourth-order valence-corrected chi connectivity index (χ4v) is 3.24. The van der Waals surface area contributed by atoms with Gasteiger partial charge in [0.1, 0.15) is 5.82 Å². The standard InChI is InChI=1S/C17H20FN3O2S/c1-11-20-13(10-24-11)8-17(22)21-12-4-5-16(15(18)7-12)19-9-14-3-2-6-23-14/h4-5,7,10,14,19H,2-3,6,8-9H2,1H3,(H,21,22)/t14-/m1/s1. The Hall–Kier alpha value is -1.99. The second kappa shape index (κ2) is 7.72. The van der Waals surface area contributed by atoms with Crippen molar-refractivity contribution in [1.82, 2.24) is 4.98 Å². The number of carbonyl (C=O) groups is 1. The Morgan fingerprint density at radius 3 is 3.04 bits per heavy atom. The summed E-state index contributed by atoms with van der Waals surface area (Å²) in [5, 5.41) is 8.53. The van der Waals surface area contributed by atoms with Gasteiger partial charge in [0.25, 0.3) is 0 Å². The number of hydrogen-bond acceptors (Lipinski definition) is 5. The fourth-order valence-electron chi connectivity index (χ4n) is 2.62. The van der Waals surface area contributed by atoms with Crippen LogP contribution in [0.1, 0.15) is 23.5 Å². The van der Waals surface area contributed by atoms with Gasteiger partial charge in [0.05, 0.1) is 28.9 Å². The van der Waals surface area contributed by atoms with Crippen molar-refractivity contribution in [3.63, 3.8) is 0 Å². The largest absolute Gasteiger partial charge is 0.380 e. The highest BCUT2D eigenvalue weighted by Gasteiger charge is 2.16. The number of aromatic nitrogens is 1. The summed E-state index contributed by atoms with van der Waals surface area (Å²) in [6.07, 6.45) is 2.38. The van der Waals surface area contributed by atoms with Crippen LogP contribution < -0.4 is 10.6 Å². The molecular weight excluding hydrogens is 329 g/mol. The van der Waals surface area contributed by atoms with Gasteiger partial charge < -0.3 is 15.4 Å². The third-order valence-corrected chi connectivity index (χ3v) is 4.63. The van der Waals surface area contributed by atoms with Crippen molar-refractivity contribution in [2.24, 2.45) is 0 Å². The summed E-state index contributed by atoms with van der Waals surface area (Å²) >= 11 is 1.50. The van der Waals surface area contributed by atoms with E-state index in [-0.39, 0.29) is 18.4 Å². The number of hydrogen-bond donors (Lipinski definition) is 2. The molecule has 1 aliphatic rings. The van der Waals surface area contributed by atoms with Gasteiger partial charge in [-0.05, 0) is 38.0 Å². The molecule has 1 saturated heterocycles. The van der Waals surface area contributed by atoms with Gasteiger partial charge in [-0.15, -0.1) is 11.3 Å². The molecule has 1 aliphatic heterocycles. The van der Waals surface area contributed by atoms with E-state index in [0.717, 1.165) is 30.2 Å². The number of benzene rings is 1. The van der Waals surface area contributed by atoms with Crippen LogP contribution in [0, 0.1) is 12.7 Å². The summed E-state index contributed by atoms with van der Waals surface area (Å²) in [6.45, 7) is 3.26. The molecule has 1 aromatic carbocycles. The Morgan fingerprint density at radius 2 is 2.38 bits per heavy atom. The molecule has 5 nitrogen and oxygen atoms in total. The lowest BCUT2D eigenvalue weighted by Gasteiger charge is -2.13. The van der Waals surface area contributed by atoms with Crippen LogP contribution in [-0.4, -0.2) is 30.1 Å². The lowest BCUT2D eigenvalue weighted by atomic mass is 10.2. The predicted molar refractivity (Wildman–Crippen MR) is 93.0 cm³/mol. The quantitative estimate of drug-likeness (QED) is 0.839. The summed E-state index contributed by atoms with van der Waals surface area (Å²) in [5.74, 6) is -0.602. The smallest absolute Gasteiger partial charge is 0.230 e. The maximum atomic E-state index is 14.1. The molecule has 2 N–H and O–H groups in total. The number of anilines is 2. The molecule has 1 aromatic heterocycles. The van der Waals surface area contributed by atoms with Crippen molar-refractivity contribution >= 4 is 28.6 Å². The van der Waals surface area contributed by atoms with Gasteiger partial charge in [0.15, 0.2) is 0 Å². The maximum Gasteiger partial charge on any atom is 0.230 e. The van der Waals surface area contributed by atoms with Crippen LogP contribution in [0.2, 0.25) is 0 Å². The Morgan fingerprint density at radius 1 is 1.50 bits per heavy atom. The van der Waals surface area contributed by atoms with E-state index in [1.165, 1.54) is 17.4 Å². The molecule has 7 heteroatoms. The number of nitrogens with zero attached hydrogens (tertiary/aromatic N) is 1. The molecule has 0 saturated carbocycles. The predicted octanol–water partition coefficient (Wildman–Crippen LogP) is 3.36. The molecule has 0 spiro atoms. The highest BCUT2D eigenvalue weighted by molar-refractivity contribution is 7.09. The zero-order valence-corrected chi connectivity index (χ0v) is 14.3. The molecular formula is C17H20FN3O2S. The molecule has 0 aliphatic carbocycles. The highest BCUT2D eigenvalue weighted by Crippen LogP contribution is 2.21. The fraction of sp³-hybridized carbons (Fsp3) is 0.412. The average Bonchev–Trinajstić information content (AvgIpc) is 3.18. The normalized spacial score (nSPS) is 17.0. The highest BCUT2D eigenvalue weighted by atomic mass is 32.1. The van der Waals surface area contributed by atoms with Gasteiger partial charge in [-0.25, -0.2) is 9.37 Å². The van der Waals surface area contributed by atoms with Crippen LogP contribution in [0.4, 0.5) is 15.8 Å². The van der Waals surface area contributed by atoms with Crippen molar-refractivity contribution in [2.75, 3.05) is 23.8 Å². The Balaban J connectivity index is 1.54. The van der Waals surface area contributed by atoms with E-state index >= 15 is 0 Å². The van der Waals surface area contributed by atoms with Crippen molar-refractivity contribution in [3.05, 3.63) is 40.1 Å². The van der Waals surface area contributed by atoms with Crippen LogP contribution in [0.3, 0.4) is 0 Å². The van der Waals surface area contributed by atoms with Crippen LogP contribution in [0.15, 0.2) is 23.6 Å². The van der Waals surface area contributed by atoms with E-state index in [4.69, 9.17) is 4.74 Å². The third-order valence-electron chi connectivity index (χ3n) is 3.81. The minimum absolute atomic E-state index is 0.144. The van der Waals surface area contributed by atoms with E-state index in [1.807, 2.05) is 12.3 Å². The van der Waals surface area contributed by atoms with E-state index in [9.17, 15) is 9.18 Å². The van der Waals surface area contributed by atoms with E-state index in [2.05, 4.69) is 15.6 Å². The number of thiazole rings is 1. The second-order valence-electron chi connectivity index (χ2n) is 5.79. The summed E-state index contributed by atoms with van der Waals surface area (Å²) in [7, 11) is 0. The molecule has 0 radical (unpaired) electrons. The Labute approximate surface area is 144 Å². The molecule has 2 aromatic rings.